The van der Waals surface area contributed by atoms with E-state index >= 15 is 0 Å². The molecule has 0 saturated heterocycles. The third kappa shape index (κ3) is 5.06. The molecule has 0 aliphatic heterocycles. The molecule has 0 spiro atoms. The molecular weight excluding hydrogens is 464 g/mol. The smallest absolute Gasteiger partial charge is 0.273 e. The number of aryl methyl sites for hydroxylation is 1. The second-order valence-corrected chi connectivity index (χ2v) is 8.43. The van der Waals surface area contributed by atoms with Crippen molar-refractivity contribution < 1.29 is 0 Å². The molecular formula is C19H16Br2N2OS. The van der Waals surface area contributed by atoms with Crippen LogP contribution in [0.4, 0.5) is 0 Å². The molecule has 3 aromatic rings. The molecule has 0 N–H and O–H groups in total. The molecule has 0 amide bonds. The highest BCUT2D eigenvalue weighted by Crippen LogP contribution is 2.24. The fourth-order valence-electron chi connectivity index (χ4n) is 2.49. The number of benzene rings is 2. The Morgan fingerprint density at radius 3 is 2.32 bits per heavy atom. The summed E-state index contributed by atoms with van der Waals surface area (Å²) < 4.78 is 4.18. The third-order valence-electron chi connectivity index (χ3n) is 3.68. The summed E-state index contributed by atoms with van der Waals surface area (Å²) >= 11 is 8.58. The van der Waals surface area contributed by atoms with Crippen molar-refractivity contribution in [1.29, 1.82) is 0 Å². The molecule has 3 rings (SSSR count). The summed E-state index contributed by atoms with van der Waals surface area (Å²) in [5.41, 5.74) is 3.06. The minimum Gasteiger partial charge on any atom is -0.320 e. The van der Waals surface area contributed by atoms with Crippen molar-refractivity contribution in [1.82, 2.24) is 9.55 Å². The SMILES string of the molecule is Cc1cc(=O)nc(SCc2cccc(Br)c2)n1Cc1cccc(Br)c1. The highest BCUT2D eigenvalue weighted by molar-refractivity contribution is 9.10. The number of rotatable bonds is 5. The lowest BCUT2D eigenvalue weighted by molar-refractivity contribution is 0.639. The molecule has 0 atom stereocenters. The highest BCUT2D eigenvalue weighted by atomic mass is 79.9. The van der Waals surface area contributed by atoms with Crippen LogP contribution in [0.3, 0.4) is 0 Å². The van der Waals surface area contributed by atoms with E-state index in [4.69, 9.17) is 0 Å². The van der Waals surface area contributed by atoms with E-state index < -0.39 is 0 Å². The minimum absolute atomic E-state index is 0.195. The Balaban J connectivity index is 1.88. The van der Waals surface area contributed by atoms with Gasteiger partial charge in [-0.15, -0.1) is 0 Å². The van der Waals surface area contributed by atoms with Crippen molar-refractivity contribution in [2.75, 3.05) is 0 Å². The Morgan fingerprint density at radius 2 is 1.64 bits per heavy atom. The van der Waals surface area contributed by atoms with Gasteiger partial charge in [-0.2, -0.15) is 4.98 Å². The molecule has 0 unspecified atom stereocenters. The summed E-state index contributed by atoms with van der Waals surface area (Å²) in [7, 11) is 0. The van der Waals surface area contributed by atoms with Crippen LogP contribution >= 0.6 is 43.6 Å². The van der Waals surface area contributed by atoms with Crippen molar-refractivity contribution >= 4 is 43.6 Å². The van der Waals surface area contributed by atoms with E-state index in [9.17, 15) is 4.79 Å². The van der Waals surface area contributed by atoms with Crippen molar-refractivity contribution in [3.05, 3.63) is 90.7 Å². The van der Waals surface area contributed by atoms with Crippen LogP contribution in [0.2, 0.25) is 0 Å². The molecule has 0 fully saturated rings. The van der Waals surface area contributed by atoms with Crippen LogP contribution in [0.1, 0.15) is 16.8 Å². The van der Waals surface area contributed by atoms with E-state index in [2.05, 4.69) is 65.7 Å². The minimum atomic E-state index is -0.195. The van der Waals surface area contributed by atoms with Gasteiger partial charge in [-0.1, -0.05) is 67.9 Å². The highest BCUT2D eigenvalue weighted by Gasteiger charge is 2.09. The van der Waals surface area contributed by atoms with Gasteiger partial charge in [0.1, 0.15) is 0 Å². The Hall–Kier alpha value is -1.37. The summed E-state index contributed by atoms with van der Waals surface area (Å²) in [5, 5.41) is 0.741. The van der Waals surface area contributed by atoms with Crippen LogP contribution in [0, 0.1) is 6.92 Å². The van der Waals surface area contributed by atoms with Gasteiger partial charge >= 0.3 is 0 Å². The van der Waals surface area contributed by atoms with E-state index in [0.29, 0.717) is 6.54 Å². The first-order chi connectivity index (χ1) is 12.0. The molecule has 25 heavy (non-hydrogen) atoms. The maximum atomic E-state index is 11.9. The molecule has 1 aromatic heterocycles. The fourth-order valence-corrected chi connectivity index (χ4v) is 4.38. The quantitative estimate of drug-likeness (QED) is 0.362. The zero-order valence-electron chi connectivity index (χ0n) is 13.6. The largest absolute Gasteiger partial charge is 0.320 e. The summed E-state index contributed by atoms with van der Waals surface area (Å²) in [5.74, 6) is 0.758. The molecule has 128 valence electrons. The number of hydrogen-bond acceptors (Lipinski definition) is 3. The Bertz CT molecular complexity index is 956. The summed E-state index contributed by atoms with van der Waals surface area (Å²) in [4.78, 5) is 16.1. The zero-order valence-corrected chi connectivity index (χ0v) is 17.6. The van der Waals surface area contributed by atoms with Crippen LogP contribution in [-0.4, -0.2) is 9.55 Å². The van der Waals surface area contributed by atoms with Gasteiger partial charge in [0, 0.05) is 33.0 Å². The van der Waals surface area contributed by atoms with Crippen molar-refractivity contribution in [2.24, 2.45) is 0 Å². The van der Waals surface area contributed by atoms with Gasteiger partial charge in [-0.05, 0) is 42.3 Å². The van der Waals surface area contributed by atoms with Gasteiger partial charge in [0.15, 0.2) is 5.16 Å². The van der Waals surface area contributed by atoms with Gasteiger partial charge in [-0.3, -0.25) is 4.79 Å². The predicted molar refractivity (Wildman–Crippen MR) is 110 cm³/mol. The third-order valence-corrected chi connectivity index (χ3v) is 5.72. The maximum Gasteiger partial charge on any atom is 0.273 e. The first-order valence-corrected chi connectivity index (χ1v) is 10.3. The summed E-state index contributed by atoms with van der Waals surface area (Å²) in [6.45, 7) is 2.63. The fraction of sp³-hybridized carbons (Fsp3) is 0.158. The average Bonchev–Trinajstić information content (AvgIpc) is 2.56. The second-order valence-electron chi connectivity index (χ2n) is 5.65. The standard InChI is InChI=1S/C19H16Br2N2OS/c1-13-8-18(24)22-19(25-12-15-5-3-7-17(21)10-15)23(13)11-14-4-2-6-16(20)9-14/h2-10H,11-12H2,1H3. The Kier molecular flexibility index (Phi) is 6.15. The average molecular weight is 480 g/mol. The zero-order chi connectivity index (χ0) is 17.8. The van der Waals surface area contributed by atoms with Crippen LogP contribution in [0.15, 0.2) is 73.5 Å². The number of halogens is 2. The monoisotopic (exact) mass is 478 g/mol. The topological polar surface area (TPSA) is 34.9 Å². The van der Waals surface area contributed by atoms with Crippen LogP contribution in [0.5, 0.6) is 0 Å². The van der Waals surface area contributed by atoms with E-state index in [-0.39, 0.29) is 5.56 Å². The van der Waals surface area contributed by atoms with Gasteiger partial charge in [0.2, 0.25) is 0 Å². The lowest BCUT2D eigenvalue weighted by Crippen LogP contribution is -2.17. The number of nitrogens with zero attached hydrogens (tertiary/aromatic N) is 2. The molecule has 0 saturated carbocycles. The van der Waals surface area contributed by atoms with Crippen molar-refractivity contribution in [2.45, 2.75) is 24.4 Å². The van der Waals surface area contributed by atoms with Gasteiger partial charge in [-0.25, -0.2) is 0 Å². The number of thioether (sulfide) groups is 1. The van der Waals surface area contributed by atoms with E-state index in [1.54, 1.807) is 17.8 Å². The first kappa shape index (κ1) is 18.4. The van der Waals surface area contributed by atoms with Crippen molar-refractivity contribution in [3.8, 4) is 0 Å². The Morgan fingerprint density at radius 1 is 1.00 bits per heavy atom. The lowest BCUT2D eigenvalue weighted by atomic mass is 10.2. The normalized spacial score (nSPS) is 10.8. The summed E-state index contributed by atoms with van der Waals surface area (Å²) in [6, 6.07) is 17.9. The molecule has 0 aliphatic rings. The molecule has 2 aromatic carbocycles. The molecule has 3 nitrogen and oxygen atoms in total. The maximum absolute atomic E-state index is 11.9. The summed E-state index contributed by atoms with van der Waals surface area (Å²) in [6.07, 6.45) is 0. The lowest BCUT2D eigenvalue weighted by Gasteiger charge is -2.15. The van der Waals surface area contributed by atoms with E-state index in [1.165, 1.54) is 5.56 Å². The van der Waals surface area contributed by atoms with Crippen LogP contribution < -0.4 is 5.56 Å². The Labute approximate surface area is 167 Å². The second kappa shape index (κ2) is 8.34. The predicted octanol–water partition coefficient (Wildman–Crippen LogP) is 5.42. The molecule has 1 heterocycles. The van der Waals surface area contributed by atoms with Crippen LogP contribution in [-0.2, 0) is 12.3 Å². The molecule has 0 bridgehead atoms. The van der Waals surface area contributed by atoms with Crippen molar-refractivity contribution in [3.63, 3.8) is 0 Å². The van der Waals surface area contributed by atoms with Gasteiger partial charge < -0.3 is 4.57 Å². The van der Waals surface area contributed by atoms with Crippen LogP contribution in [0.25, 0.3) is 0 Å². The number of aromatic nitrogens is 2. The first-order valence-electron chi connectivity index (χ1n) is 7.71. The molecule has 0 radical (unpaired) electrons. The van der Waals surface area contributed by atoms with Gasteiger partial charge in [0.25, 0.3) is 5.56 Å². The molecule has 6 heteroatoms. The molecule has 0 aliphatic carbocycles. The van der Waals surface area contributed by atoms with Gasteiger partial charge in [0.05, 0.1) is 0 Å². The number of hydrogen-bond donors (Lipinski definition) is 0. The van der Waals surface area contributed by atoms with E-state index in [1.807, 2.05) is 31.2 Å². The van der Waals surface area contributed by atoms with E-state index in [0.717, 1.165) is 31.1 Å².